The van der Waals surface area contributed by atoms with Crippen molar-refractivity contribution in [1.82, 2.24) is 4.31 Å². The predicted molar refractivity (Wildman–Crippen MR) is 103 cm³/mol. The zero-order chi connectivity index (χ0) is 18.9. The molecular weight excluding hydrogens is 388 g/mol. The zero-order valence-electron chi connectivity index (χ0n) is 14.8. The second-order valence-corrected chi connectivity index (χ2v) is 9.03. The van der Waals surface area contributed by atoms with Gasteiger partial charge in [-0.05, 0) is 43.2 Å². The van der Waals surface area contributed by atoms with Gasteiger partial charge in [0.25, 0.3) is 0 Å². The van der Waals surface area contributed by atoms with Crippen LogP contribution < -0.4 is 10.1 Å². The summed E-state index contributed by atoms with van der Waals surface area (Å²) in [6.45, 7) is 2.33. The van der Waals surface area contributed by atoms with Gasteiger partial charge in [0, 0.05) is 41.5 Å². The van der Waals surface area contributed by atoms with Crippen LogP contribution in [0, 0.1) is 0 Å². The van der Waals surface area contributed by atoms with E-state index in [4.69, 9.17) is 21.1 Å². The van der Waals surface area contributed by atoms with Crippen LogP contribution in [0.3, 0.4) is 0 Å². The van der Waals surface area contributed by atoms with Crippen LogP contribution in [-0.4, -0.2) is 32.6 Å². The number of nitrogens with one attached hydrogen (secondary N) is 1. The van der Waals surface area contributed by atoms with Gasteiger partial charge >= 0.3 is 0 Å². The second-order valence-electron chi connectivity index (χ2n) is 6.66. The Bertz CT molecular complexity index is 943. The number of ether oxygens (including phenoxy) is 2. The number of anilines is 1. The fourth-order valence-electron chi connectivity index (χ4n) is 3.43. The van der Waals surface area contributed by atoms with Gasteiger partial charge in [-0.25, -0.2) is 8.42 Å². The highest BCUT2D eigenvalue weighted by Crippen LogP contribution is 2.32. The summed E-state index contributed by atoms with van der Waals surface area (Å²) in [5.41, 5.74) is 2.56. The van der Waals surface area contributed by atoms with Crippen molar-refractivity contribution in [2.45, 2.75) is 30.9 Å². The van der Waals surface area contributed by atoms with Crippen molar-refractivity contribution >= 4 is 27.3 Å². The molecule has 2 aliphatic rings. The molecule has 0 amide bonds. The van der Waals surface area contributed by atoms with E-state index in [9.17, 15) is 8.42 Å². The van der Waals surface area contributed by atoms with E-state index in [-0.39, 0.29) is 6.79 Å². The molecule has 6 nitrogen and oxygen atoms in total. The molecule has 27 heavy (non-hydrogen) atoms. The third kappa shape index (κ3) is 3.91. The largest absolute Gasteiger partial charge is 0.467 e. The zero-order valence-corrected chi connectivity index (χ0v) is 16.4. The Morgan fingerprint density at radius 2 is 1.96 bits per heavy atom. The van der Waals surface area contributed by atoms with Crippen molar-refractivity contribution in [2.75, 3.05) is 25.2 Å². The van der Waals surface area contributed by atoms with Gasteiger partial charge in [0.05, 0.1) is 11.5 Å². The number of sulfonamides is 1. The van der Waals surface area contributed by atoms with E-state index in [0.717, 1.165) is 35.4 Å². The Balaban J connectivity index is 1.54. The Morgan fingerprint density at radius 3 is 2.78 bits per heavy atom. The maximum Gasteiger partial charge on any atom is 0.243 e. The summed E-state index contributed by atoms with van der Waals surface area (Å²) >= 11 is 6.20. The molecule has 0 saturated carbocycles. The molecular formula is C19H21ClN2O4S. The van der Waals surface area contributed by atoms with Gasteiger partial charge in [0.1, 0.15) is 5.75 Å². The number of benzene rings is 2. The molecule has 1 fully saturated rings. The minimum absolute atomic E-state index is 0.213. The van der Waals surface area contributed by atoms with Crippen LogP contribution in [0.25, 0.3) is 0 Å². The molecule has 0 radical (unpaired) electrons. The predicted octanol–water partition coefficient (Wildman–Crippen LogP) is 3.60. The summed E-state index contributed by atoms with van der Waals surface area (Å²) in [5.74, 6) is 0.777. The number of hydrogen-bond donors (Lipinski definition) is 1. The highest BCUT2D eigenvalue weighted by atomic mass is 35.5. The molecule has 144 valence electrons. The molecule has 1 saturated heterocycles. The number of hydrogen-bond acceptors (Lipinski definition) is 5. The van der Waals surface area contributed by atoms with E-state index in [1.807, 2.05) is 18.2 Å². The van der Waals surface area contributed by atoms with Gasteiger partial charge in [-0.3, -0.25) is 0 Å². The molecule has 0 atom stereocenters. The first-order valence-corrected chi connectivity index (χ1v) is 10.7. The van der Waals surface area contributed by atoms with Gasteiger partial charge in [-0.1, -0.05) is 17.7 Å². The Kier molecular flexibility index (Phi) is 5.27. The summed E-state index contributed by atoms with van der Waals surface area (Å²) in [6.07, 6.45) is 1.83. The molecule has 2 aromatic carbocycles. The van der Waals surface area contributed by atoms with Gasteiger partial charge in [0.2, 0.25) is 10.0 Å². The topological polar surface area (TPSA) is 67.9 Å². The second kappa shape index (κ2) is 7.67. The lowest BCUT2D eigenvalue weighted by Crippen LogP contribution is -2.27. The van der Waals surface area contributed by atoms with E-state index < -0.39 is 10.0 Å². The first-order valence-electron chi connectivity index (χ1n) is 8.90. The fraction of sp³-hybridized carbons (Fsp3) is 0.368. The van der Waals surface area contributed by atoms with Crippen LogP contribution in [0.1, 0.15) is 24.0 Å². The van der Waals surface area contributed by atoms with Gasteiger partial charge in [-0.2, -0.15) is 4.31 Å². The summed E-state index contributed by atoms with van der Waals surface area (Å²) in [7, 11) is -3.43. The summed E-state index contributed by atoms with van der Waals surface area (Å²) in [6, 6.07) is 10.6. The van der Waals surface area contributed by atoms with Crippen molar-refractivity contribution in [3.05, 3.63) is 52.5 Å². The number of rotatable bonds is 5. The van der Waals surface area contributed by atoms with E-state index in [2.05, 4.69) is 5.32 Å². The first-order chi connectivity index (χ1) is 13.0. The number of halogens is 1. The summed E-state index contributed by atoms with van der Waals surface area (Å²) in [4.78, 5) is 0.312. The van der Waals surface area contributed by atoms with Crippen molar-refractivity contribution < 1.29 is 17.9 Å². The van der Waals surface area contributed by atoms with Crippen molar-refractivity contribution in [1.29, 1.82) is 0 Å². The molecule has 2 heterocycles. The molecule has 2 aliphatic heterocycles. The van der Waals surface area contributed by atoms with Gasteiger partial charge < -0.3 is 14.8 Å². The normalized spacial score (nSPS) is 17.4. The first kappa shape index (κ1) is 18.6. The molecule has 0 unspecified atom stereocenters. The summed E-state index contributed by atoms with van der Waals surface area (Å²) in [5, 5.41) is 3.89. The number of nitrogens with zero attached hydrogens (tertiary/aromatic N) is 1. The highest BCUT2D eigenvalue weighted by molar-refractivity contribution is 7.89. The SMILES string of the molecule is O=S(=O)(c1cccc(NCc2cc(Cl)cc3c2OCOC3)c1)N1CCCC1. The lowest BCUT2D eigenvalue weighted by Gasteiger charge is -2.21. The molecule has 0 aliphatic carbocycles. The summed E-state index contributed by atoms with van der Waals surface area (Å²) < 4.78 is 38.0. The molecule has 0 bridgehead atoms. The van der Waals surface area contributed by atoms with Crippen LogP contribution in [0.2, 0.25) is 5.02 Å². The Hall–Kier alpha value is -1.80. The van der Waals surface area contributed by atoms with Crippen LogP contribution in [0.5, 0.6) is 5.75 Å². The monoisotopic (exact) mass is 408 g/mol. The number of fused-ring (bicyclic) bond motifs is 1. The van der Waals surface area contributed by atoms with Crippen LogP contribution in [-0.2, 0) is 27.9 Å². The maximum absolute atomic E-state index is 12.7. The van der Waals surface area contributed by atoms with Crippen LogP contribution >= 0.6 is 11.6 Å². The average Bonchev–Trinajstić information content (AvgIpc) is 3.22. The third-order valence-electron chi connectivity index (χ3n) is 4.77. The quantitative estimate of drug-likeness (QED) is 0.818. The lowest BCUT2D eigenvalue weighted by atomic mass is 10.1. The van der Waals surface area contributed by atoms with E-state index in [1.165, 1.54) is 0 Å². The highest BCUT2D eigenvalue weighted by Gasteiger charge is 2.27. The Morgan fingerprint density at radius 1 is 1.15 bits per heavy atom. The third-order valence-corrected chi connectivity index (χ3v) is 6.88. The minimum Gasteiger partial charge on any atom is -0.467 e. The molecule has 0 aromatic heterocycles. The molecule has 1 N–H and O–H groups in total. The van der Waals surface area contributed by atoms with Gasteiger partial charge in [-0.15, -0.1) is 0 Å². The van der Waals surface area contributed by atoms with E-state index >= 15 is 0 Å². The van der Waals surface area contributed by atoms with Crippen LogP contribution in [0.15, 0.2) is 41.3 Å². The smallest absolute Gasteiger partial charge is 0.243 e. The Labute approximate surface area is 164 Å². The molecule has 0 spiro atoms. The minimum atomic E-state index is -3.43. The van der Waals surface area contributed by atoms with E-state index in [1.54, 1.807) is 22.5 Å². The van der Waals surface area contributed by atoms with E-state index in [0.29, 0.717) is 36.2 Å². The lowest BCUT2D eigenvalue weighted by molar-refractivity contribution is -0.0169. The average molecular weight is 409 g/mol. The standard InChI is InChI=1S/C19H21ClN2O4S/c20-16-8-14(19-15(9-16)12-25-13-26-19)11-21-17-4-3-5-18(10-17)27(23,24)22-6-1-2-7-22/h3-5,8-10,21H,1-2,6-7,11-13H2. The molecule has 2 aromatic rings. The van der Waals surface area contributed by atoms with Gasteiger partial charge in [0.15, 0.2) is 6.79 Å². The molecule has 8 heteroatoms. The van der Waals surface area contributed by atoms with Crippen molar-refractivity contribution in [3.63, 3.8) is 0 Å². The molecule has 4 rings (SSSR count). The maximum atomic E-state index is 12.7. The van der Waals surface area contributed by atoms with Crippen LogP contribution in [0.4, 0.5) is 5.69 Å². The van der Waals surface area contributed by atoms with Crippen molar-refractivity contribution in [2.24, 2.45) is 0 Å². The fourth-order valence-corrected chi connectivity index (χ4v) is 5.26. The van der Waals surface area contributed by atoms with Crippen molar-refractivity contribution in [3.8, 4) is 5.75 Å².